The van der Waals surface area contributed by atoms with E-state index in [9.17, 15) is 0 Å². The van der Waals surface area contributed by atoms with Crippen molar-refractivity contribution in [2.24, 2.45) is 5.92 Å². The maximum atomic E-state index is 3.43. The van der Waals surface area contributed by atoms with Crippen molar-refractivity contribution in [3.8, 4) is 0 Å². The van der Waals surface area contributed by atoms with Gasteiger partial charge in [0.05, 0.1) is 0 Å². The van der Waals surface area contributed by atoms with Crippen LogP contribution in [0.25, 0.3) is 0 Å². The lowest BCUT2D eigenvalue weighted by molar-refractivity contribution is 0.319. The minimum absolute atomic E-state index is 0.753. The molecular formula is C11H27N. The first-order valence-corrected chi connectivity index (χ1v) is 5.54. The smallest absolute Gasteiger partial charge is 0.00643 e. The van der Waals surface area contributed by atoms with E-state index in [-0.39, 0.29) is 0 Å². The van der Waals surface area contributed by atoms with Gasteiger partial charge in [-0.2, -0.15) is 0 Å². The van der Waals surface area contributed by atoms with Gasteiger partial charge < -0.3 is 5.32 Å². The molecule has 2 atom stereocenters. The molecule has 0 amide bonds. The first-order valence-electron chi connectivity index (χ1n) is 5.54. The van der Waals surface area contributed by atoms with Crippen molar-refractivity contribution in [3.63, 3.8) is 0 Å². The van der Waals surface area contributed by atoms with Crippen molar-refractivity contribution in [3.05, 3.63) is 0 Å². The van der Waals surface area contributed by atoms with Crippen molar-refractivity contribution < 1.29 is 0 Å². The summed E-state index contributed by atoms with van der Waals surface area (Å²) in [6.45, 7) is 13.8. The summed E-state index contributed by atoms with van der Waals surface area (Å²) in [5.74, 6) is 0.892. The van der Waals surface area contributed by atoms with E-state index in [0.29, 0.717) is 0 Å². The van der Waals surface area contributed by atoms with Crippen LogP contribution in [-0.4, -0.2) is 12.6 Å². The standard InChI is InChI=1S/C7H15N.2C2H6/c1-6-4-3-5-8-7(6)2;2*1-2/h6-8H,3-5H2,1-2H3;2*1-2H3. The molecule has 76 valence electrons. The molecule has 0 bridgehead atoms. The van der Waals surface area contributed by atoms with E-state index < -0.39 is 0 Å². The van der Waals surface area contributed by atoms with Gasteiger partial charge in [0.1, 0.15) is 0 Å². The van der Waals surface area contributed by atoms with Crippen LogP contribution in [0.5, 0.6) is 0 Å². The average Bonchev–Trinajstić information content (AvgIpc) is 2.17. The molecule has 1 aliphatic rings. The normalized spacial score (nSPS) is 27.5. The van der Waals surface area contributed by atoms with Crippen LogP contribution in [0.1, 0.15) is 54.4 Å². The monoisotopic (exact) mass is 173 g/mol. The third-order valence-corrected chi connectivity index (χ3v) is 2.16. The lowest BCUT2D eigenvalue weighted by Crippen LogP contribution is -2.37. The Morgan fingerprint density at radius 2 is 1.50 bits per heavy atom. The molecule has 0 radical (unpaired) electrons. The number of hydrogen-bond acceptors (Lipinski definition) is 1. The van der Waals surface area contributed by atoms with E-state index in [1.54, 1.807) is 0 Å². The zero-order valence-electron chi connectivity index (χ0n) is 9.78. The summed E-state index contributed by atoms with van der Waals surface area (Å²) < 4.78 is 0. The zero-order valence-corrected chi connectivity index (χ0v) is 9.78. The third-order valence-electron chi connectivity index (χ3n) is 2.16. The number of hydrogen-bond donors (Lipinski definition) is 1. The first-order chi connectivity index (χ1) is 5.80. The van der Waals surface area contributed by atoms with E-state index in [2.05, 4.69) is 19.2 Å². The van der Waals surface area contributed by atoms with Crippen molar-refractivity contribution in [2.75, 3.05) is 6.54 Å². The Morgan fingerprint density at radius 1 is 1.00 bits per heavy atom. The van der Waals surface area contributed by atoms with Crippen LogP contribution in [0.15, 0.2) is 0 Å². The first kappa shape index (κ1) is 14.5. The van der Waals surface area contributed by atoms with Gasteiger partial charge in [0.25, 0.3) is 0 Å². The molecule has 0 aromatic rings. The van der Waals surface area contributed by atoms with Gasteiger partial charge in [0, 0.05) is 6.04 Å². The second kappa shape index (κ2) is 11.0. The van der Waals surface area contributed by atoms with E-state index in [4.69, 9.17) is 0 Å². The molecule has 1 aliphatic heterocycles. The highest BCUT2D eigenvalue weighted by molar-refractivity contribution is 4.73. The molecular weight excluding hydrogens is 146 g/mol. The number of rotatable bonds is 0. The summed E-state index contributed by atoms with van der Waals surface area (Å²) in [6, 6.07) is 0.753. The minimum atomic E-state index is 0.753. The molecule has 1 saturated heterocycles. The Kier molecular flexibility index (Phi) is 13.2. The van der Waals surface area contributed by atoms with E-state index >= 15 is 0 Å². The van der Waals surface area contributed by atoms with Crippen LogP contribution >= 0.6 is 0 Å². The van der Waals surface area contributed by atoms with Gasteiger partial charge in [0.15, 0.2) is 0 Å². The molecule has 1 N–H and O–H groups in total. The van der Waals surface area contributed by atoms with Gasteiger partial charge in [0.2, 0.25) is 0 Å². The molecule has 0 aromatic carbocycles. The maximum Gasteiger partial charge on any atom is 0.00643 e. The van der Waals surface area contributed by atoms with Gasteiger partial charge in [-0.3, -0.25) is 0 Å². The minimum Gasteiger partial charge on any atom is -0.314 e. The second-order valence-corrected chi connectivity index (χ2v) is 2.86. The van der Waals surface area contributed by atoms with Crippen LogP contribution in [0.2, 0.25) is 0 Å². The van der Waals surface area contributed by atoms with Crippen LogP contribution in [0.4, 0.5) is 0 Å². The average molecular weight is 173 g/mol. The molecule has 0 aromatic heterocycles. The van der Waals surface area contributed by atoms with Crippen LogP contribution in [0.3, 0.4) is 0 Å². The summed E-state index contributed by atoms with van der Waals surface area (Å²) in [5.41, 5.74) is 0. The second-order valence-electron chi connectivity index (χ2n) is 2.86. The van der Waals surface area contributed by atoms with Crippen molar-refractivity contribution >= 4 is 0 Å². The maximum absolute atomic E-state index is 3.43. The Bertz CT molecular complexity index is 61.4. The zero-order chi connectivity index (χ0) is 9.98. The predicted octanol–water partition coefficient (Wildman–Crippen LogP) is 3.45. The molecule has 1 nitrogen and oxygen atoms in total. The van der Waals surface area contributed by atoms with E-state index in [1.807, 2.05) is 27.7 Å². The van der Waals surface area contributed by atoms with Crippen molar-refractivity contribution in [1.82, 2.24) is 5.32 Å². The largest absolute Gasteiger partial charge is 0.314 e. The molecule has 0 aliphatic carbocycles. The Labute approximate surface area is 78.9 Å². The van der Waals surface area contributed by atoms with Crippen molar-refractivity contribution in [1.29, 1.82) is 0 Å². The van der Waals surface area contributed by atoms with E-state index in [0.717, 1.165) is 12.0 Å². The van der Waals surface area contributed by atoms with E-state index in [1.165, 1.54) is 19.4 Å². The Balaban J connectivity index is 0. The lowest BCUT2D eigenvalue weighted by Gasteiger charge is -2.26. The molecule has 1 fully saturated rings. The van der Waals surface area contributed by atoms with Gasteiger partial charge in [-0.1, -0.05) is 34.6 Å². The SMILES string of the molecule is CC.CC.CC1CCCNC1C. The molecule has 0 spiro atoms. The lowest BCUT2D eigenvalue weighted by atomic mass is 9.94. The highest BCUT2D eigenvalue weighted by atomic mass is 14.9. The summed E-state index contributed by atoms with van der Waals surface area (Å²) in [5, 5.41) is 3.43. The van der Waals surface area contributed by atoms with Gasteiger partial charge >= 0.3 is 0 Å². The summed E-state index contributed by atoms with van der Waals surface area (Å²) >= 11 is 0. The highest BCUT2D eigenvalue weighted by Gasteiger charge is 2.14. The Morgan fingerprint density at radius 3 is 1.75 bits per heavy atom. The van der Waals surface area contributed by atoms with Crippen molar-refractivity contribution in [2.45, 2.75) is 60.4 Å². The van der Waals surface area contributed by atoms with Crippen LogP contribution in [-0.2, 0) is 0 Å². The van der Waals surface area contributed by atoms with Gasteiger partial charge in [-0.25, -0.2) is 0 Å². The topological polar surface area (TPSA) is 12.0 Å². The summed E-state index contributed by atoms with van der Waals surface area (Å²) in [6.07, 6.45) is 2.78. The number of nitrogens with one attached hydrogen (secondary N) is 1. The fraction of sp³-hybridized carbons (Fsp3) is 1.00. The van der Waals surface area contributed by atoms with Gasteiger partial charge in [-0.05, 0) is 32.2 Å². The van der Waals surface area contributed by atoms with Gasteiger partial charge in [-0.15, -0.1) is 0 Å². The summed E-state index contributed by atoms with van der Waals surface area (Å²) in [4.78, 5) is 0. The predicted molar refractivity (Wildman–Crippen MR) is 58.6 cm³/mol. The van der Waals surface area contributed by atoms with Crippen LogP contribution < -0.4 is 5.32 Å². The fourth-order valence-corrected chi connectivity index (χ4v) is 1.20. The molecule has 1 heterocycles. The molecule has 2 unspecified atom stereocenters. The molecule has 12 heavy (non-hydrogen) atoms. The third kappa shape index (κ3) is 6.66. The van der Waals surface area contributed by atoms with Crippen LogP contribution in [0, 0.1) is 5.92 Å². The molecule has 1 heteroatoms. The Hall–Kier alpha value is -0.0400. The quantitative estimate of drug-likeness (QED) is 0.591. The highest BCUT2D eigenvalue weighted by Crippen LogP contribution is 2.13. The fourth-order valence-electron chi connectivity index (χ4n) is 1.20. The molecule has 1 rings (SSSR count). The summed E-state index contributed by atoms with van der Waals surface area (Å²) in [7, 11) is 0. The molecule has 0 saturated carbocycles. The number of piperidine rings is 1.